The van der Waals surface area contributed by atoms with Crippen molar-refractivity contribution in [2.24, 2.45) is 0 Å². The van der Waals surface area contributed by atoms with Gasteiger partial charge in [0.2, 0.25) is 0 Å². The second-order valence-electron chi connectivity index (χ2n) is 5.48. The third-order valence-corrected chi connectivity index (χ3v) is 4.54. The van der Waals surface area contributed by atoms with Gasteiger partial charge in [0.15, 0.2) is 5.78 Å². The van der Waals surface area contributed by atoms with Gasteiger partial charge < -0.3 is 0 Å². The SMILES string of the molecule is Cc1cc(Br)ccc1C(=O)c1ccc2c(c1)CCCC2. The number of ketones is 1. The molecule has 2 aromatic rings. The summed E-state index contributed by atoms with van der Waals surface area (Å²) in [6, 6.07) is 12.0. The van der Waals surface area contributed by atoms with Crippen molar-refractivity contribution in [1.82, 2.24) is 0 Å². The van der Waals surface area contributed by atoms with Crippen molar-refractivity contribution in [2.75, 3.05) is 0 Å². The van der Waals surface area contributed by atoms with Crippen LogP contribution in [-0.2, 0) is 12.8 Å². The zero-order valence-electron chi connectivity index (χ0n) is 11.6. The Morgan fingerprint density at radius 1 is 1.00 bits per heavy atom. The molecule has 1 aliphatic carbocycles. The van der Waals surface area contributed by atoms with Gasteiger partial charge in [-0.1, -0.05) is 28.1 Å². The molecule has 3 rings (SSSR count). The third-order valence-electron chi connectivity index (χ3n) is 4.04. The molecule has 0 saturated carbocycles. The van der Waals surface area contributed by atoms with Crippen LogP contribution in [0.15, 0.2) is 40.9 Å². The lowest BCUT2D eigenvalue weighted by molar-refractivity contribution is 0.103. The summed E-state index contributed by atoms with van der Waals surface area (Å²) in [5.74, 6) is 0.128. The molecule has 1 aliphatic rings. The van der Waals surface area contributed by atoms with Gasteiger partial charge in [0.1, 0.15) is 0 Å². The summed E-state index contributed by atoms with van der Waals surface area (Å²) in [4.78, 5) is 12.6. The largest absolute Gasteiger partial charge is 0.289 e. The van der Waals surface area contributed by atoms with Gasteiger partial charge in [-0.15, -0.1) is 0 Å². The summed E-state index contributed by atoms with van der Waals surface area (Å²) < 4.78 is 1.01. The molecule has 0 unspecified atom stereocenters. The topological polar surface area (TPSA) is 17.1 Å². The highest BCUT2D eigenvalue weighted by Gasteiger charge is 2.15. The van der Waals surface area contributed by atoms with Crippen LogP contribution in [0.4, 0.5) is 0 Å². The van der Waals surface area contributed by atoms with Crippen molar-refractivity contribution in [3.8, 4) is 0 Å². The lowest BCUT2D eigenvalue weighted by Gasteiger charge is -2.16. The van der Waals surface area contributed by atoms with E-state index in [2.05, 4.69) is 28.1 Å². The van der Waals surface area contributed by atoms with Crippen LogP contribution in [0.1, 0.15) is 45.5 Å². The minimum absolute atomic E-state index is 0.128. The van der Waals surface area contributed by atoms with Crippen molar-refractivity contribution >= 4 is 21.7 Å². The Morgan fingerprint density at radius 2 is 1.75 bits per heavy atom. The number of carbonyl (C=O) groups is 1. The fraction of sp³-hybridized carbons (Fsp3) is 0.278. The molecule has 0 aromatic heterocycles. The van der Waals surface area contributed by atoms with Gasteiger partial charge in [-0.25, -0.2) is 0 Å². The monoisotopic (exact) mass is 328 g/mol. The van der Waals surface area contributed by atoms with Gasteiger partial charge in [-0.3, -0.25) is 4.79 Å². The molecule has 102 valence electrons. The van der Waals surface area contributed by atoms with Crippen molar-refractivity contribution in [1.29, 1.82) is 0 Å². The van der Waals surface area contributed by atoms with Crippen molar-refractivity contribution in [2.45, 2.75) is 32.6 Å². The highest BCUT2D eigenvalue weighted by atomic mass is 79.9. The zero-order chi connectivity index (χ0) is 14.1. The molecule has 2 heteroatoms. The smallest absolute Gasteiger partial charge is 0.193 e. The number of halogens is 1. The van der Waals surface area contributed by atoms with E-state index in [1.165, 1.54) is 24.0 Å². The molecule has 0 amide bonds. The van der Waals surface area contributed by atoms with Crippen molar-refractivity contribution in [3.63, 3.8) is 0 Å². The number of aryl methyl sites for hydroxylation is 3. The van der Waals surface area contributed by atoms with E-state index in [4.69, 9.17) is 0 Å². The highest BCUT2D eigenvalue weighted by molar-refractivity contribution is 9.10. The summed E-state index contributed by atoms with van der Waals surface area (Å²) >= 11 is 3.44. The first kappa shape index (κ1) is 13.6. The molecule has 0 aliphatic heterocycles. The van der Waals surface area contributed by atoms with Crippen molar-refractivity contribution in [3.05, 3.63) is 68.7 Å². The van der Waals surface area contributed by atoms with Crippen LogP contribution in [0.25, 0.3) is 0 Å². The van der Waals surface area contributed by atoms with E-state index in [-0.39, 0.29) is 5.78 Å². The molecule has 0 fully saturated rings. The maximum absolute atomic E-state index is 12.6. The molecular weight excluding hydrogens is 312 g/mol. The first-order valence-corrected chi connectivity index (χ1v) is 7.87. The Kier molecular flexibility index (Phi) is 3.75. The number of carbonyl (C=O) groups excluding carboxylic acids is 1. The number of rotatable bonds is 2. The second-order valence-corrected chi connectivity index (χ2v) is 6.39. The molecule has 0 heterocycles. The van der Waals surface area contributed by atoms with Crippen LogP contribution in [0.3, 0.4) is 0 Å². The van der Waals surface area contributed by atoms with E-state index in [9.17, 15) is 4.79 Å². The molecule has 2 aromatic carbocycles. The van der Waals surface area contributed by atoms with E-state index >= 15 is 0 Å². The minimum atomic E-state index is 0.128. The first-order valence-electron chi connectivity index (χ1n) is 7.08. The van der Waals surface area contributed by atoms with E-state index < -0.39 is 0 Å². The van der Waals surface area contributed by atoms with Crippen LogP contribution >= 0.6 is 15.9 Å². The van der Waals surface area contributed by atoms with Gasteiger partial charge in [-0.05, 0) is 73.6 Å². The summed E-state index contributed by atoms with van der Waals surface area (Å²) in [5.41, 5.74) is 5.40. The molecule has 0 saturated heterocycles. The zero-order valence-corrected chi connectivity index (χ0v) is 13.2. The fourth-order valence-corrected chi connectivity index (χ4v) is 3.39. The standard InChI is InChI=1S/C18H17BrO/c1-12-10-16(19)8-9-17(12)18(20)15-7-6-13-4-2-3-5-14(13)11-15/h6-11H,2-5H2,1H3. The van der Waals surface area contributed by atoms with Gasteiger partial charge in [-0.2, -0.15) is 0 Å². The predicted octanol–water partition coefficient (Wildman–Crippen LogP) is 4.87. The Hall–Kier alpha value is -1.41. The molecule has 0 bridgehead atoms. The fourth-order valence-electron chi connectivity index (χ4n) is 2.91. The van der Waals surface area contributed by atoms with E-state index in [0.717, 1.165) is 34.0 Å². The number of benzene rings is 2. The first-order chi connectivity index (χ1) is 9.65. The predicted molar refractivity (Wildman–Crippen MR) is 85.4 cm³/mol. The van der Waals surface area contributed by atoms with Crippen LogP contribution in [-0.4, -0.2) is 5.78 Å². The summed E-state index contributed by atoms with van der Waals surface area (Å²) in [7, 11) is 0. The quantitative estimate of drug-likeness (QED) is 0.719. The molecule has 0 N–H and O–H groups in total. The van der Waals surface area contributed by atoms with Crippen LogP contribution in [0, 0.1) is 6.92 Å². The summed E-state index contributed by atoms with van der Waals surface area (Å²) in [6.07, 6.45) is 4.77. The molecule has 0 radical (unpaired) electrons. The second kappa shape index (κ2) is 5.53. The number of hydrogen-bond acceptors (Lipinski definition) is 1. The van der Waals surface area contributed by atoms with Crippen LogP contribution in [0.2, 0.25) is 0 Å². The maximum atomic E-state index is 12.6. The maximum Gasteiger partial charge on any atom is 0.193 e. The Morgan fingerprint density at radius 3 is 2.50 bits per heavy atom. The molecule has 0 atom stereocenters. The van der Waals surface area contributed by atoms with E-state index in [1.807, 2.05) is 31.2 Å². The van der Waals surface area contributed by atoms with Gasteiger partial charge >= 0.3 is 0 Å². The van der Waals surface area contributed by atoms with Crippen LogP contribution < -0.4 is 0 Å². The normalized spacial score (nSPS) is 13.9. The van der Waals surface area contributed by atoms with Gasteiger partial charge in [0, 0.05) is 15.6 Å². The highest BCUT2D eigenvalue weighted by Crippen LogP contribution is 2.24. The molecule has 0 spiro atoms. The molecule has 20 heavy (non-hydrogen) atoms. The van der Waals surface area contributed by atoms with Gasteiger partial charge in [0.05, 0.1) is 0 Å². The summed E-state index contributed by atoms with van der Waals surface area (Å²) in [5, 5.41) is 0. The van der Waals surface area contributed by atoms with E-state index in [0.29, 0.717) is 0 Å². The number of fused-ring (bicyclic) bond motifs is 1. The Bertz CT molecular complexity index is 673. The Balaban J connectivity index is 1.98. The molecule has 1 nitrogen and oxygen atoms in total. The summed E-state index contributed by atoms with van der Waals surface area (Å²) in [6.45, 7) is 1.98. The van der Waals surface area contributed by atoms with Gasteiger partial charge in [0.25, 0.3) is 0 Å². The van der Waals surface area contributed by atoms with Crippen molar-refractivity contribution < 1.29 is 4.79 Å². The lowest BCUT2D eigenvalue weighted by Crippen LogP contribution is -2.08. The number of hydrogen-bond donors (Lipinski definition) is 0. The third kappa shape index (κ3) is 2.57. The average molecular weight is 329 g/mol. The van der Waals surface area contributed by atoms with E-state index in [1.54, 1.807) is 0 Å². The average Bonchev–Trinajstić information content (AvgIpc) is 2.46. The molecular formula is C18H17BrO. The Labute approximate surface area is 128 Å². The minimum Gasteiger partial charge on any atom is -0.289 e. The van der Waals surface area contributed by atoms with Crippen LogP contribution in [0.5, 0.6) is 0 Å². The lowest BCUT2D eigenvalue weighted by atomic mass is 9.88.